The summed E-state index contributed by atoms with van der Waals surface area (Å²) in [7, 11) is 0. The molecular weight excluding hydrogens is 440 g/mol. The normalized spacial score (nSPS) is 18.6. The van der Waals surface area contributed by atoms with Crippen LogP contribution in [-0.4, -0.2) is 69.9 Å². The molecule has 0 bridgehead atoms. The summed E-state index contributed by atoms with van der Waals surface area (Å²) >= 11 is 3.44. The van der Waals surface area contributed by atoms with Crippen LogP contribution in [0.1, 0.15) is 34.0 Å². The van der Waals surface area contributed by atoms with Crippen molar-refractivity contribution in [1.82, 2.24) is 24.8 Å². The van der Waals surface area contributed by atoms with Crippen LogP contribution >= 0.6 is 22.7 Å². The molecule has 5 heterocycles. The fourth-order valence-electron chi connectivity index (χ4n) is 4.84. The monoisotopic (exact) mass is 470 g/mol. The quantitative estimate of drug-likeness (QED) is 0.580. The van der Waals surface area contributed by atoms with Crippen molar-refractivity contribution in [2.24, 2.45) is 5.92 Å². The molecule has 2 saturated heterocycles. The zero-order valence-corrected chi connectivity index (χ0v) is 20.6. The number of carbonyl (C=O) groups excluding carboxylic acids is 1. The van der Waals surface area contributed by atoms with Crippen molar-refractivity contribution in [3.63, 3.8) is 0 Å². The summed E-state index contributed by atoms with van der Waals surface area (Å²) in [5.74, 6) is 1.50. The van der Waals surface area contributed by atoms with Gasteiger partial charge in [0.2, 0.25) is 5.91 Å². The first-order valence-electron chi connectivity index (χ1n) is 11.4. The summed E-state index contributed by atoms with van der Waals surface area (Å²) < 4.78 is 0. The van der Waals surface area contributed by atoms with E-state index in [2.05, 4.69) is 48.9 Å². The lowest BCUT2D eigenvalue weighted by molar-refractivity contribution is -0.138. The zero-order valence-electron chi connectivity index (χ0n) is 19.0. The minimum absolute atomic E-state index is 0.127. The van der Waals surface area contributed by atoms with Gasteiger partial charge in [-0.05, 0) is 39.2 Å². The molecule has 0 aromatic carbocycles. The number of anilines is 1. The van der Waals surface area contributed by atoms with Gasteiger partial charge in [-0.3, -0.25) is 9.69 Å². The average molecular weight is 471 g/mol. The van der Waals surface area contributed by atoms with E-state index >= 15 is 0 Å². The van der Waals surface area contributed by atoms with Crippen LogP contribution in [0.4, 0.5) is 5.82 Å². The molecule has 0 unspecified atom stereocenters. The average Bonchev–Trinajstić information content (AvgIpc) is 3.35. The first-order valence-corrected chi connectivity index (χ1v) is 13.1. The highest BCUT2D eigenvalue weighted by Gasteiger charge is 2.31. The minimum Gasteiger partial charge on any atom is -0.356 e. The van der Waals surface area contributed by atoms with Gasteiger partial charge in [0.1, 0.15) is 17.0 Å². The van der Waals surface area contributed by atoms with Gasteiger partial charge in [0, 0.05) is 62.0 Å². The SMILES string of the molecule is Cc1nc(CN2CCN(C(=O)C3CCN(c4ncnc5sc(C)c(C)c45)CC3)CC2)cs1. The number of piperidine rings is 1. The van der Waals surface area contributed by atoms with Crippen molar-refractivity contribution in [1.29, 1.82) is 0 Å². The number of amides is 1. The zero-order chi connectivity index (χ0) is 22.2. The molecular formula is C23H30N6OS2. The largest absolute Gasteiger partial charge is 0.356 e. The summed E-state index contributed by atoms with van der Waals surface area (Å²) in [5.41, 5.74) is 2.43. The van der Waals surface area contributed by atoms with Gasteiger partial charge in [-0.1, -0.05) is 0 Å². The van der Waals surface area contributed by atoms with Gasteiger partial charge >= 0.3 is 0 Å². The smallest absolute Gasteiger partial charge is 0.225 e. The van der Waals surface area contributed by atoms with E-state index < -0.39 is 0 Å². The van der Waals surface area contributed by atoms with Crippen LogP contribution in [0, 0.1) is 26.7 Å². The number of thiophene rings is 1. The molecule has 1 amide bonds. The molecule has 170 valence electrons. The van der Waals surface area contributed by atoms with E-state index in [4.69, 9.17) is 0 Å². The molecule has 2 fully saturated rings. The number of piperazine rings is 1. The lowest BCUT2D eigenvalue weighted by atomic mass is 9.94. The summed E-state index contributed by atoms with van der Waals surface area (Å²) in [6.45, 7) is 12.5. The van der Waals surface area contributed by atoms with E-state index in [0.717, 1.165) is 80.0 Å². The number of thiazole rings is 1. The van der Waals surface area contributed by atoms with Crippen LogP contribution in [0.3, 0.4) is 0 Å². The van der Waals surface area contributed by atoms with Crippen molar-refractivity contribution in [3.8, 4) is 0 Å². The Kier molecular flexibility index (Phi) is 6.14. The molecule has 7 nitrogen and oxygen atoms in total. The van der Waals surface area contributed by atoms with Crippen molar-refractivity contribution >= 4 is 44.6 Å². The first kappa shape index (κ1) is 21.7. The lowest BCUT2D eigenvalue weighted by Gasteiger charge is -2.38. The minimum atomic E-state index is 0.127. The fraction of sp³-hybridized carbons (Fsp3) is 0.565. The second-order valence-corrected chi connectivity index (χ2v) is 11.1. The Balaban J connectivity index is 1.16. The second kappa shape index (κ2) is 9.03. The van der Waals surface area contributed by atoms with Crippen LogP contribution in [0.15, 0.2) is 11.7 Å². The third kappa shape index (κ3) is 4.25. The maximum absolute atomic E-state index is 13.2. The molecule has 5 rings (SSSR count). The number of rotatable bonds is 4. The molecule has 0 N–H and O–H groups in total. The van der Waals surface area contributed by atoms with E-state index in [1.54, 1.807) is 29.0 Å². The summed E-state index contributed by atoms with van der Waals surface area (Å²) in [4.78, 5) is 36.1. The molecule has 0 saturated carbocycles. The predicted octanol–water partition coefficient (Wildman–Crippen LogP) is 3.63. The molecule has 0 atom stereocenters. The van der Waals surface area contributed by atoms with Crippen LogP contribution in [-0.2, 0) is 11.3 Å². The third-order valence-corrected chi connectivity index (χ3v) is 8.76. The van der Waals surface area contributed by atoms with Crippen molar-refractivity contribution in [3.05, 3.63) is 32.8 Å². The first-order chi connectivity index (χ1) is 15.5. The highest BCUT2D eigenvalue weighted by molar-refractivity contribution is 7.18. The molecule has 2 aliphatic heterocycles. The maximum Gasteiger partial charge on any atom is 0.225 e. The van der Waals surface area contributed by atoms with Crippen LogP contribution in [0.25, 0.3) is 10.2 Å². The van der Waals surface area contributed by atoms with E-state index in [1.807, 2.05) is 6.92 Å². The lowest BCUT2D eigenvalue weighted by Crippen LogP contribution is -2.51. The molecule has 32 heavy (non-hydrogen) atoms. The number of aromatic nitrogens is 3. The van der Waals surface area contributed by atoms with E-state index in [-0.39, 0.29) is 5.92 Å². The van der Waals surface area contributed by atoms with Gasteiger partial charge in [-0.25, -0.2) is 15.0 Å². The molecule has 0 aliphatic carbocycles. The highest BCUT2D eigenvalue weighted by Crippen LogP contribution is 2.35. The Morgan fingerprint density at radius 1 is 1.06 bits per heavy atom. The van der Waals surface area contributed by atoms with Gasteiger partial charge in [0.25, 0.3) is 0 Å². The molecule has 3 aromatic rings. The van der Waals surface area contributed by atoms with Gasteiger partial charge in [0.05, 0.1) is 16.1 Å². The molecule has 0 spiro atoms. The number of hydrogen-bond acceptors (Lipinski definition) is 8. The standard InChI is InChI=1S/C23H30N6OS2/c1-15-16(2)32-22-20(15)21(24-14-25-22)28-6-4-18(5-7-28)23(30)29-10-8-27(9-11-29)12-19-13-31-17(3)26-19/h13-14,18H,4-12H2,1-3H3. The number of nitrogens with zero attached hydrogens (tertiary/aromatic N) is 6. The molecule has 3 aromatic heterocycles. The van der Waals surface area contributed by atoms with E-state index in [1.165, 1.54) is 15.8 Å². The van der Waals surface area contributed by atoms with E-state index in [9.17, 15) is 4.79 Å². The van der Waals surface area contributed by atoms with Gasteiger partial charge < -0.3 is 9.80 Å². The van der Waals surface area contributed by atoms with E-state index in [0.29, 0.717) is 5.91 Å². The summed E-state index contributed by atoms with van der Waals surface area (Å²) in [6, 6.07) is 0. The number of carbonyl (C=O) groups is 1. The Bertz CT molecular complexity index is 1110. The molecule has 2 aliphatic rings. The third-order valence-electron chi connectivity index (χ3n) is 6.83. The van der Waals surface area contributed by atoms with Gasteiger partial charge in [-0.15, -0.1) is 22.7 Å². The van der Waals surface area contributed by atoms with Crippen molar-refractivity contribution in [2.75, 3.05) is 44.2 Å². The van der Waals surface area contributed by atoms with Crippen LogP contribution in [0.5, 0.6) is 0 Å². The number of fused-ring (bicyclic) bond motifs is 1. The van der Waals surface area contributed by atoms with Gasteiger partial charge in [-0.2, -0.15) is 0 Å². The maximum atomic E-state index is 13.2. The summed E-state index contributed by atoms with van der Waals surface area (Å²) in [6.07, 6.45) is 3.46. The Labute approximate surface area is 197 Å². The van der Waals surface area contributed by atoms with Gasteiger partial charge in [0.15, 0.2) is 0 Å². The Morgan fingerprint density at radius 3 is 2.50 bits per heavy atom. The van der Waals surface area contributed by atoms with Crippen molar-refractivity contribution < 1.29 is 4.79 Å². The number of aryl methyl sites for hydroxylation is 3. The Morgan fingerprint density at radius 2 is 1.81 bits per heavy atom. The number of hydrogen-bond donors (Lipinski definition) is 0. The fourth-order valence-corrected chi connectivity index (χ4v) is 6.43. The van der Waals surface area contributed by atoms with Crippen LogP contribution < -0.4 is 4.90 Å². The second-order valence-electron chi connectivity index (χ2n) is 8.88. The molecule has 0 radical (unpaired) electrons. The highest BCUT2D eigenvalue weighted by atomic mass is 32.1. The van der Waals surface area contributed by atoms with Crippen molar-refractivity contribution in [2.45, 2.75) is 40.2 Å². The Hall–Kier alpha value is -2.10. The predicted molar refractivity (Wildman–Crippen MR) is 131 cm³/mol. The molecule has 9 heteroatoms. The summed E-state index contributed by atoms with van der Waals surface area (Å²) in [5, 5.41) is 4.45. The topological polar surface area (TPSA) is 65.5 Å². The van der Waals surface area contributed by atoms with Crippen LogP contribution in [0.2, 0.25) is 0 Å².